The summed E-state index contributed by atoms with van der Waals surface area (Å²) < 4.78 is 0.726. The van der Waals surface area contributed by atoms with Gasteiger partial charge in [-0.05, 0) is 25.3 Å². The Morgan fingerprint density at radius 1 is 1.35 bits per heavy atom. The fourth-order valence-corrected chi connectivity index (χ4v) is 6.43. The molecular formula is C17H21N5O6S3. The zero-order valence-corrected chi connectivity index (χ0v) is 18.9. The Balaban J connectivity index is 1.59. The maximum Gasteiger partial charge on any atom is 0.352 e. The van der Waals surface area contributed by atoms with Gasteiger partial charge in [-0.15, -0.1) is 22.0 Å². The minimum atomic E-state index is -1.19. The predicted octanol–water partition coefficient (Wildman–Crippen LogP) is 0.259. The number of amides is 2. The number of aromatic nitrogens is 2. The van der Waals surface area contributed by atoms with Crippen molar-refractivity contribution in [2.24, 2.45) is 5.73 Å². The average molecular weight is 488 g/mol. The number of aliphatic carboxylic acids is 2. The van der Waals surface area contributed by atoms with E-state index >= 15 is 0 Å². The molecule has 0 saturated carbocycles. The molecule has 168 valence electrons. The molecule has 0 bridgehead atoms. The predicted molar refractivity (Wildman–Crippen MR) is 115 cm³/mol. The summed E-state index contributed by atoms with van der Waals surface area (Å²) in [5.74, 6) is -2.40. The molecule has 2 aliphatic heterocycles. The molecule has 3 heterocycles. The molecule has 3 atom stereocenters. The van der Waals surface area contributed by atoms with Crippen LogP contribution in [0.2, 0.25) is 0 Å². The molecule has 0 unspecified atom stereocenters. The smallest absolute Gasteiger partial charge is 0.352 e. The van der Waals surface area contributed by atoms with E-state index in [1.54, 1.807) is 0 Å². The van der Waals surface area contributed by atoms with E-state index in [-0.39, 0.29) is 25.0 Å². The van der Waals surface area contributed by atoms with Crippen molar-refractivity contribution in [1.82, 2.24) is 20.4 Å². The molecule has 1 aromatic heterocycles. The third kappa shape index (κ3) is 5.37. The van der Waals surface area contributed by atoms with Gasteiger partial charge in [0, 0.05) is 17.9 Å². The molecule has 1 fully saturated rings. The number of nitrogens with one attached hydrogen (secondary N) is 1. The Bertz CT molecular complexity index is 935. The minimum absolute atomic E-state index is 0.0347. The lowest BCUT2D eigenvalue weighted by atomic mass is 10.0. The van der Waals surface area contributed by atoms with Crippen molar-refractivity contribution in [3.63, 3.8) is 0 Å². The number of hydrogen-bond acceptors (Lipinski definition) is 10. The zero-order chi connectivity index (χ0) is 22.7. The van der Waals surface area contributed by atoms with Gasteiger partial charge in [-0.3, -0.25) is 19.3 Å². The first kappa shape index (κ1) is 23.5. The molecule has 31 heavy (non-hydrogen) atoms. The van der Waals surface area contributed by atoms with E-state index in [0.717, 1.165) is 9.35 Å². The van der Waals surface area contributed by atoms with E-state index in [2.05, 4.69) is 15.5 Å². The number of fused-ring (bicyclic) bond motifs is 1. The standard InChI is InChI=1S/C17H21N5O6S3/c1-7-20-21-17(31-7)30-6-8-5-29-14-11(13(24)22(14)12(8)16(27)28)19-10(23)4-2-3-9(18)15(25)26/h9,11,14H,2-6,18H2,1H3,(H,19,23)(H,25,26)(H,27,28)/t9-,11-,14-/m1/s1. The Kier molecular flexibility index (Phi) is 7.56. The van der Waals surface area contributed by atoms with Gasteiger partial charge >= 0.3 is 11.9 Å². The van der Waals surface area contributed by atoms with Gasteiger partial charge in [0.2, 0.25) is 5.91 Å². The zero-order valence-electron chi connectivity index (χ0n) is 16.4. The van der Waals surface area contributed by atoms with Crippen LogP contribution in [-0.2, 0) is 19.2 Å². The Morgan fingerprint density at radius 2 is 2.10 bits per heavy atom. The summed E-state index contributed by atoms with van der Waals surface area (Å²) in [4.78, 5) is 48.6. The number of aryl methyl sites for hydroxylation is 1. The lowest BCUT2D eigenvalue weighted by Crippen LogP contribution is -2.70. The molecule has 0 radical (unpaired) electrons. The molecule has 3 rings (SSSR count). The number of carbonyl (C=O) groups excluding carboxylic acids is 2. The normalized spacial score (nSPS) is 21.4. The molecule has 0 aliphatic carbocycles. The lowest BCUT2D eigenvalue weighted by molar-refractivity contribution is -0.150. The van der Waals surface area contributed by atoms with Gasteiger partial charge in [0.05, 0.1) is 0 Å². The van der Waals surface area contributed by atoms with Crippen LogP contribution in [0.15, 0.2) is 15.6 Å². The van der Waals surface area contributed by atoms with Crippen LogP contribution < -0.4 is 11.1 Å². The first-order valence-corrected chi connectivity index (χ1v) is 12.1. The van der Waals surface area contributed by atoms with E-state index < -0.39 is 41.2 Å². The van der Waals surface area contributed by atoms with Crippen molar-refractivity contribution in [2.45, 2.75) is 48.0 Å². The summed E-state index contributed by atoms with van der Waals surface area (Å²) >= 11 is 4.18. The van der Waals surface area contributed by atoms with Crippen molar-refractivity contribution in [1.29, 1.82) is 0 Å². The van der Waals surface area contributed by atoms with E-state index in [4.69, 9.17) is 10.8 Å². The molecule has 2 aliphatic rings. The Hall–Kier alpha value is -2.16. The Labute approximate surface area is 189 Å². The van der Waals surface area contributed by atoms with Crippen LogP contribution in [0.25, 0.3) is 0 Å². The molecule has 0 spiro atoms. The number of β-lactam (4-membered cyclic amide) rings is 1. The summed E-state index contributed by atoms with van der Waals surface area (Å²) in [5.41, 5.74) is 5.98. The highest BCUT2D eigenvalue weighted by atomic mass is 32.2. The molecule has 5 N–H and O–H groups in total. The number of nitrogens with two attached hydrogens (primary N) is 1. The number of rotatable bonds is 10. The van der Waals surface area contributed by atoms with E-state index in [1.165, 1.54) is 39.8 Å². The van der Waals surface area contributed by atoms with Crippen LogP contribution in [0.3, 0.4) is 0 Å². The summed E-state index contributed by atoms with van der Waals surface area (Å²) in [6.07, 6.45) is 0.453. The highest BCUT2D eigenvalue weighted by Gasteiger charge is 2.54. The summed E-state index contributed by atoms with van der Waals surface area (Å²) in [7, 11) is 0. The van der Waals surface area contributed by atoms with Crippen LogP contribution in [0.5, 0.6) is 0 Å². The van der Waals surface area contributed by atoms with Gasteiger partial charge < -0.3 is 21.3 Å². The second kappa shape index (κ2) is 9.97. The SMILES string of the molecule is Cc1nnc(SCC2=C(C(=O)O)N3C(=O)[C@@H](NC(=O)CCC[C@@H](N)C(=O)O)[C@H]3SC2)s1. The van der Waals surface area contributed by atoms with E-state index in [1.807, 2.05) is 6.92 Å². The Morgan fingerprint density at radius 3 is 2.71 bits per heavy atom. The topological polar surface area (TPSA) is 176 Å². The van der Waals surface area contributed by atoms with Crippen molar-refractivity contribution < 1.29 is 29.4 Å². The number of carboxylic acid groups (broad SMARTS) is 2. The lowest BCUT2D eigenvalue weighted by Gasteiger charge is -2.49. The van der Waals surface area contributed by atoms with Crippen molar-refractivity contribution in [2.75, 3.05) is 11.5 Å². The average Bonchev–Trinajstić information content (AvgIpc) is 3.14. The quantitative estimate of drug-likeness (QED) is 0.263. The summed E-state index contributed by atoms with van der Waals surface area (Å²) in [6, 6.07) is -1.84. The highest BCUT2D eigenvalue weighted by molar-refractivity contribution is 8.01. The molecule has 11 nitrogen and oxygen atoms in total. The fourth-order valence-electron chi connectivity index (χ4n) is 3.13. The summed E-state index contributed by atoms with van der Waals surface area (Å²) in [6.45, 7) is 1.83. The van der Waals surface area contributed by atoms with Crippen molar-refractivity contribution >= 4 is 58.6 Å². The monoisotopic (exact) mass is 487 g/mol. The first-order valence-electron chi connectivity index (χ1n) is 9.29. The van der Waals surface area contributed by atoms with E-state index in [0.29, 0.717) is 17.1 Å². The molecule has 2 amide bonds. The maximum atomic E-state index is 12.6. The fraction of sp³-hybridized carbons (Fsp3) is 0.529. The van der Waals surface area contributed by atoms with Gasteiger partial charge in [0.1, 0.15) is 28.2 Å². The third-order valence-electron chi connectivity index (χ3n) is 4.68. The third-order valence-corrected chi connectivity index (χ3v) is 8.08. The number of hydrogen-bond donors (Lipinski definition) is 4. The molecular weight excluding hydrogens is 466 g/mol. The van der Waals surface area contributed by atoms with E-state index in [9.17, 15) is 24.3 Å². The largest absolute Gasteiger partial charge is 0.480 e. The first-order chi connectivity index (χ1) is 14.7. The number of thioether (sulfide) groups is 2. The van der Waals surface area contributed by atoms with Gasteiger partial charge in [-0.2, -0.15) is 0 Å². The number of nitrogens with zero attached hydrogens (tertiary/aromatic N) is 3. The van der Waals surface area contributed by atoms with Gasteiger partial charge in [-0.25, -0.2) is 4.79 Å². The molecule has 0 aromatic carbocycles. The van der Waals surface area contributed by atoms with Crippen LogP contribution in [0, 0.1) is 6.92 Å². The van der Waals surface area contributed by atoms with Crippen molar-refractivity contribution in [3.8, 4) is 0 Å². The second-order valence-electron chi connectivity index (χ2n) is 6.92. The second-order valence-corrected chi connectivity index (χ2v) is 10.4. The molecule has 14 heteroatoms. The van der Waals surface area contributed by atoms with Gasteiger partial charge in [0.15, 0.2) is 4.34 Å². The van der Waals surface area contributed by atoms with Crippen LogP contribution in [0.1, 0.15) is 24.3 Å². The van der Waals surface area contributed by atoms with Gasteiger partial charge in [-0.1, -0.05) is 23.1 Å². The summed E-state index contributed by atoms with van der Waals surface area (Å²) in [5, 5.41) is 29.3. The van der Waals surface area contributed by atoms with Crippen LogP contribution in [0.4, 0.5) is 0 Å². The number of carboxylic acids is 2. The minimum Gasteiger partial charge on any atom is -0.480 e. The molecule has 1 saturated heterocycles. The maximum absolute atomic E-state index is 12.6. The highest BCUT2D eigenvalue weighted by Crippen LogP contribution is 2.41. The van der Waals surface area contributed by atoms with Crippen molar-refractivity contribution in [3.05, 3.63) is 16.3 Å². The number of carbonyl (C=O) groups is 4. The van der Waals surface area contributed by atoms with Gasteiger partial charge in [0.25, 0.3) is 5.91 Å². The van der Waals surface area contributed by atoms with Crippen LogP contribution >= 0.6 is 34.9 Å². The molecule has 1 aromatic rings. The van der Waals surface area contributed by atoms with Crippen LogP contribution in [-0.4, -0.2) is 78.0 Å².